The van der Waals surface area contributed by atoms with Crippen LogP contribution in [-0.2, 0) is 25.5 Å². The average molecular weight is 779 g/mol. The molecule has 0 radical (unpaired) electrons. The molecule has 1 fully saturated rings. The van der Waals surface area contributed by atoms with Gasteiger partial charge in [0.1, 0.15) is 34.2 Å². The van der Waals surface area contributed by atoms with Crippen LogP contribution in [0.5, 0.6) is 5.75 Å². The Morgan fingerprint density at radius 1 is 1.13 bits per heavy atom. The number of piperidine rings is 1. The van der Waals surface area contributed by atoms with Crippen LogP contribution in [-0.4, -0.2) is 85.7 Å². The quantitative estimate of drug-likeness (QED) is 0.178. The van der Waals surface area contributed by atoms with Crippen LogP contribution in [0.1, 0.15) is 70.3 Å². The lowest BCUT2D eigenvalue weighted by molar-refractivity contribution is -0.160. The summed E-state index contributed by atoms with van der Waals surface area (Å²) < 4.78 is 57.7. The van der Waals surface area contributed by atoms with E-state index in [1.54, 1.807) is 42.2 Å². The van der Waals surface area contributed by atoms with Crippen molar-refractivity contribution < 1.29 is 37.6 Å². The van der Waals surface area contributed by atoms with Gasteiger partial charge in [0.25, 0.3) is 0 Å². The molecular formula is C40H45ClF2N6O6. The zero-order valence-electron chi connectivity index (χ0n) is 31.7. The number of aliphatic carboxylic acids is 1. The van der Waals surface area contributed by atoms with Crippen molar-refractivity contribution in [3.05, 3.63) is 82.3 Å². The molecule has 1 N–H and O–H groups in total. The predicted molar refractivity (Wildman–Crippen MR) is 203 cm³/mol. The number of imidazole rings is 1. The molecule has 55 heavy (non-hydrogen) atoms. The number of nitrogens with zero attached hydrogens (tertiary/aromatic N) is 6. The number of benzene rings is 2. The van der Waals surface area contributed by atoms with Gasteiger partial charge in [-0.3, -0.25) is 4.40 Å². The summed E-state index contributed by atoms with van der Waals surface area (Å²) in [5, 5.41) is 19.3. The first-order chi connectivity index (χ1) is 26.1. The summed E-state index contributed by atoms with van der Waals surface area (Å²) in [4.78, 5) is 20.6. The number of carboxylic acids is 1. The van der Waals surface area contributed by atoms with E-state index in [9.17, 15) is 18.7 Å². The number of anilines is 1. The number of fused-ring (bicyclic) bond motifs is 8. The highest BCUT2D eigenvalue weighted by Crippen LogP contribution is 2.44. The molecule has 1 saturated heterocycles. The van der Waals surface area contributed by atoms with Crippen molar-refractivity contribution >= 4 is 29.0 Å². The fourth-order valence-corrected chi connectivity index (χ4v) is 7.66. The minimum Gasteiger partial charge on any atom is -0.488 e. The number of aromatic nitrogens is 5. The number of carboxylic acid groups (broad SMARTS) is 1. The van der Waals surface area contributed by atoms with Gasteiger partial charge in [0.15, 0.2) is 17.7 Å². The van der Waals surface area contributed by atoms with Gasteiger partial charge in [-0.15, -0.1) is 5.10 Å². The lowest BCUT2D eigenvalue weighted by Gasteiger charge is -2.42. The Hall–Kier alpha value is -4.63. The first kappa shape index (κ1) is 38.6. The fraction of sp³-hybridized carbons (Fsp3) is 0.450. The van der Waals surface area contributed by atoms with E-state index in [4.69, 9.17) is 35.5 Å². The zero-order chi connectivity index (χ0) is 39.2. The third kappa shape index (κ3) is 7.91. The van der Waals surface area contributed by atoms with Crippen LogP contribution in [0.15, 0.2) is 48.8 Å². The maximum atomic E-state index is 14.9. The normalized spacial score (nSPS) is 20.0. The van der Waals surface area contributed by atoms with E-state index in [0.29, 0.717) is 89.7 Å². The number of pyridine rings is 1. The van der Waals surface area contributed by atoms with Crippen LogP contribution < -0.4 is 9.64 Å². The summed E-state index contributed by atoms with van der Waals surface area (Å²) in [5.74, 6) is -2.52. The number of carbonyl (C=O) groups is 1. The molecule has 3 aliphatic heterocycles. The van der Waals surface area contributed by atoms with E-state index in [1.807, 2.05) is 38.2 Å². The first-order valence-electron chi connectivity index (χ1n) is 18.3. The Bertz CT molecular complexity index is 2210. The molecule has 2 atom stereocenters. The molecule has 3 aliphatic rings. The summed E-state index contributed by atoms with van der Waals surface area (Å²) in [6, 6.07) is 9.33. The number of hydrogen-bond acceptors (Lipinski definition) is 9. The summed E-state index contributed by atoms with van der Waals surface area (Å²) in [6.07, 6.45) is 2.68. The molecule has 8 rings (SSSR count). The summed E-state index contributed by atoms with van der Waals surface area (Å²) >= 11 is 7.47. The van der Waals surface area contributed by atoms with E-state index in [0.717, 1.165) is 12.1 Å². The topological polar surface area (TPSA) is 125 Å². The summed E-state index contributed by atoms with van der Waals surface area (Å²) in [7, 11) is 0. The van der Waals surface area contributed by atoms with Crippen LogP contribution in [0, 0.1) is 18.6 Å². The summed E-state index contributed by atoms with van der Waals surface area (Å²) in [5.41, 5.74) is 2.82. The maximum Gasteiger partial charge on any atom is 0.337 e. The van der Waals surface area contributed by atoms with Crippen molar-refractivity contribution in [3.8, 4) is 28.1 Å². The van der Waals surface area contributed by atoms with Crippen LogP contribution in [0.2, 0.25) is 5.15 Å². The lowest BCUT2D eigenvalue weighted by atomic mass is 9.91. The van der Waals surface area contributed by atoms with Gasteiger partial charge in [-0.2, -0.15) is 0 Å². The smallest absolute Gasteiger partial charge is 0.337 e. The minimum absolute atomic E-state index is 0.146. The molecule has 0 aliphatic carbocycles. The number of hydrogen-bond donors (Lipinski definition) is 1. The van der Waals surface area contributed by atoms with Gasteiger partial charge < -0.3 is 29.0 Å². The number of halogens is 3. The molecule has 6 bridgehead atoms. The van der Waals surface area contributed by atoms with E-state index < -0.39 is 41.0 Å². The second-order valence-corrected chi connectivity index (χ2v) is 15.8. The Morgan fingerprint density at radius 2 is 1.85 bits per heavy atom. The van der Waals surface area contributed by atoms with Crippen LogP contribution >= 0.6 is 11.6 Å². The van der Waals surface area contributed by atoms with Crippen LogP contribution in [0.3, 0.4) is 0 Å². The van der Waals surface area contributed by atoms with Gasteiger partial charge in [0.05, 0.1) is 43.8 Å². The second-order valence-electron chi connectivity index (χ2n) is 15.4. The minimum atomic E-state index is -1.37. The fourth-order valence-electron chi connectivity index (χ4n) is 7.35. The molecule has 3 aromatic heterocycles. The Labute approximate surface area is 322 Å². The van der Waals surface area contributed by atoms with Crippen molar-refractivity contribution in [2.24, 2.45) is 0 Å². The Balaban J connectivity index is 1.51. The average Bonchev–Trinajstić information content (AvgIpc) is 3.77. The van der Waals surface area contributed by atoms with Gasteiger partial charge >= 0.3 is 5.97 Å². The molecule has 12 nitrogen and oxygen atoms in total. The molecule has 0 amide bonds. The summed E-state index contributed by atoms with van der Waals surface area (Å²) in [6.45, 7) is 13.3. The SMILES string of the molecule is Cc1c([C@H](OC(C)(C)C)C(=O)O)c2n3c(Cl)c(nc3c1Cn1ccnn1)-c1cccc(c1)-c1cc(F)c(F)cc1O[C@@H](C)COCCOC1(C)CCN2CC1. The largest absolute Gasteiger partial charge is 0.488 e. The van der Waals surface area contributed by atoms with Gasteiger partial charge in [0, 0.05) is 47.6 Å². The molecular weight excluding hydrogens is 734 g/mol. The number of rotatable bonds is 5. The molecule has 6 heterocycles. The molecule has 0 unspecified atom stereocenters. The van der Waals surface area contributed by atoms with E-state index >= 15 is 0 Å². The van der Waals surface area contributed by atoms with Crippen LogP contribution in [0.25, 0.3) is 28.0 Å². The Kier molecular flexibility index (Phi) is 10.6. The van der Waals surface area contributed by atoms with E-state index in [-0.39, 0.29) is 24.1 Å². The zero-order valence-corrected chi connectivity index (χ0v) is 32.5. The third-order valence-electron chi connectivity index (χ3n) is 10.1. The standard InChI is InChI=1S/C40H45ClF2N6O6/c1-23-22-52-16-17-53-40(6)10-13-47(14-11-40)37-32(34(38(50)51)55-39(3,4)5)24(2)28(21-48-15-12-44-46-48)36-45-33(35(41)49(36)37)26-9-7-8-25(18-26)27-19-29(42)30(43)20-31(27)54-23/h7-9,12,15,18-20,23,34H,10-11,13-14,16-17,21-22H2,1-6H3,(H,50,51)/t23-,34-/m0/s1. The van der Waals surface area contributed by atoms with Crippen molar-refractivity contribution in [1.29, 1.82) is 0 Å². The first-order valence-corrected chi connectivity index (χ1v) is 18.7. The molecule has 15 heteroatoms. The van der Waals surface area contributed by atoms with Crippen molar-refractivity contribution in [2.75, 3.05) is 37.8 Å². The highest BCUT2D eigenvalue weighted by Gasteiger charge is 2.39. The van der Waals surface area contributed by atoms with E-state index in [1.165, 1.54) is 0 Å². The molecule has 2 aromatic carbocycles. The second kappa shape index (κ2) is 15.1. The molecule has 5 aromatic rings. The van der Waals surface area contributed by atoms with Crippen LogP contribution in [0.4, 0.5) is 14.6 Å². The van der Waals surface area contributed by atoms with Gasteiger partial charge in [-0.25, -0.2) is 23.2 Å². The van der Waals surface area contributed by atoms with Gasteiger partial charge in [0.2, 0.25) is 0 Å². The monoisotopic (exact) mass is 778 g/mol. The third-order valence-corrected chi connectivity index (χ3v) is 10.4. The van der Waals surface area contributed by atoms with Crippen molar-refractivity contribution in [3.63, 3.8) is 0 Å². The Morgan fingerprint density at radius 3 is 2.55 bits per heavy atom. The molecule has 0 spiro atoms. The molecule has 0 saturated carbocycles. The highest BCUT2D eigenvalue weighted by molar-refractivity contribution is 6.32. The van der Waals surface area contributed by atoms with Crippen molar-refractivity contribution in [2.45, 2.75) is 84.3 Å². The van der Waals surface area contributed by atoms with E-state index in [2.05, 4.69) is 22.1 Å². The lowest BCUT2D eigenvalue weighted by Crippen LogP contribution is -2.46. The highest BCUT2D eigenvalue weighted by atomic mass is 35.5. The predicted octanol–water partition coefficient (Wildman–Crippen LogP) is 7.66. The maximum absolute atomic E-state index is 14.9. The van der Waals surface area contributed by atoms with Gasteiger partial charge in [-0.1, -0.05) is 35.0 Å². The number of ether oxygens (including phenoxy) is 4. The van der Waals surface area contributed by atoms with Crippen molar-refractivity contribution in [1.82, 2.24) is 24.4 Å². The molecule has 292 valence electrons. The van der Waals surface area contributed by atoms with Gasteiger partial charge in [-0.05, 0) is 77.6 Å².